The average molecular weight is 272 g/mol. The fourth-order valence-corrected chi connectivity index (χ4v) is 2.98. The second kappa shape index (κ2) is 5.70. The lowest BCUT2D eigenvalue weighted by molar-refractivity contribution is 0.520. The van der Waals surface area contributed by atoms with E-state index in [1.54, 1.807) is 4.68 Å². The first kappa shape index (κ1) is 14.6. The molecule has 1 aromatic heterocycles. The first-order chi connectivity index (χ1) is 9.43. The Hall–Kier alpha value is -1.77. The van der Waals surface area contributed by atoms with E-state index in [1.165, 1.54) is 0 Å². The Labute approximate surface area is 120 Å². The van der Waals surface area contributed by atoms with Crippen LogP contribution in [0.3, 0.4) is 0 Å². The number of nitrogens with zero attached hydrogens (tertiary/aromatic N) is 2. The molecular formula is C17H24N2O. The molecule has 1 atom stereocenters. The fraction of sp³-hybridized carbons (Fsp3) is 0.471. The van der Waals surface area contributed by atoms with E-state index in [2.05, 4.69) is 20.8 Å². The third kappa shape index (κ3) is 2.58. The molecule has 0 spiro atoms. The van der Waals surface area contributed by atoms with Gasteiger partial charge in [-0.25, -0.2) is 4.68 Å². The van der Waals surface area contributed by atoms with E-state index in [4.69, 9.17) is 0 Å². The van der Waals surface area contributed by atoms with Gasteiger partial charge in [0.1, 0.15) is 0 Å². The van der Waals surface area contributed by atoms with Gasteiger partial charge < -0.3 is 0 Å². The maximum absolute atomic E-state index is 12.8. The maximum Gasteiger partial charge on any atom is 0.275 e. The normalized spacial score (nSPS) is 12.9. The Bertz CT molecular complexity index is 635. The van der Waals surface area contributed by atoms with Gasteiger partial charge >= 0.3 is 0 Å². The van der Waals surface area contributed by atoms with Crippen molar-refractivity contribution < 1.29 is 0 Å². The van der Waals surface area contributed by atoms with Crippen LogP contribution in [0.2, 0.25) is 0 Å². The molecule has 0 fully saturated rings. The highest BCUT2D eigenvalue weighted by Crippen LogP contribution is 2.24. The molecular weight excluding hydrogens is 248 g/mol. The second-order valence-corrected chi connectivity index (χ2v) is 6.01. The van der Waals surface area contributed by atoms with Crippen LogP contribution in [0.4, 0.5) is 0 Å². The van der Waals surface area contributed by atoms with Crippen molar-refractivity contribution in [1.82, 2.24) is 9.36 Å². The predicted octanol–water partition coefficient (Wildman–Crippen LogP) is 3.63. The zero-order valence-corrected chi connectivity index (χ0v) is 13.1. The van der Waals surface area contributed by atoms with Crippen molar-refractivity contribution in [1.29, 1.82) is 0 Å². The van der Waals surface area contributed by atoms with Gasteiger partial charge in [-0.2, -0.15) is 0 Å². The first-order valence-electron chi connectivity index (χ1n) is 7.27. The molecule has 0 bridgehead atoms. The smallest absolute Gasteiger partial charge is 0.275 e. The van der Waals surface area contributed by atoms with Crippen molar-refractivity contribution in [3.8, 4) is 5.69 Å². The van der Waals surface area contributed by atoms with Gasteiger partial charge in [0.15, 0.2) is 0 Å². The van der Waals surface area contributed by atoms with Crippen LogP contribution in [0.5, 0.6) is 0 Å². The summed E-state index contributed by atoms with van der Waals surface area (Å²) < 4.78 is 3.73. The standard InChI is InChI=1S/C17H24N2O/c1-12(2)11-13(3)16-14(4)18(5)19(17(16)20)15-9-7-6-8-10-15/h6-10,12-13H,11H2,1-5H3. The molecule has 0 amide bonds. The van der Waals surface area contributed by atoms with Crippen molar-refractivity contribution in [3.05, 3.63) is 51.9 Å². The summed E-state index contributed by atoms with van der Waals surface area (Å²) in [6.45, 7) is 8.58. The highest BCUT2D eigenvalue weighted by atomic mass is 16.1. The Morgan fingerprint density at radius 2 is 1.70 bits per heavy atom. The van der Waals surface area contributed by atoms with Gasteiger partial charge in [-0.05, 0) is 37.3 Å². The molecule has 3 nitrogen and oxygen atoms in total. The lowest BCUT2D eigenvalue weighted by atomic mass is 9.92. The van der Waals surface area contributed by atoms with E-state index in [-0.39, 0.29) is 5.56 Å². The molecule has 1 heterocycles. The molecule has 108 valence electrons. The molecule has 3 heteroatoms. The average Bonchev–Trinajstić information content (AvgIpc) is 2.60. The zero-order chi connectivity index (χ0) is 14.9. The van der Waals surface area contributed by atoms with Crippen molar-refractivity contribution in [2.75, 3.05) is 0 Å². The third-order valence-corrected chi connectivity index (χ3v) is 3.92. The van der Waals surface area contributed by atoms with Gasteiger partial charge in [0, 0.05) is 18.3 Å². The van der Waals surface area contributed by atoms with Crippen LogP contribution in [0, 0.1) is 12.8 Å². The molecule has 1 unspecified atom stereocenters. The third-order valence-electron chi connectivity index (χ3n) is 3.92. The van der Waals surface area contributed by atoms with Gasteiger partial charge in [-0.3, -0.25) is 9.48 Å². The molecule has 0 aliphatic rings. The van der Waals surface area contributed by atoms with Crippen molar-refractivity contribution in [2.24, 2.45) is 13.0 Å². The minimum atomic E-state index is 0.115. The molecule has 0 saturated carbocycles. The Morgan fingerprint density at radius 3 is 2.25 bits per heavy atom. The van der Waals surface area contributed by atoms with Gasteiger partial charge in [-0.15, -0.1) is 0 Å². The minimum absolute atomic E-state index is 0.115. The molecule has 2 aromatic rings. The monoisotopic (exact) mass is 272 g/mol. The van der Waals surface area contributed by atoms with Crippen molar-refractivity contribution in [3.63, 3.8) is 0 Å². The quantitative estimate of drug-likeness (QED) is 0.835. The first-order valence-corrected chi connectivity index (χ1v) is 7.27. The number of hydrogen-bond donors (Lipinski definition) is 0. The molecule has 0 radical (unpaired) electrons. The van der Waals surface area contributed by atoms with E-state index in [9.17, 15) is 4.79 Å². The Kier molecular flexibility index (Phi) is 4.17. The van der Waals surface area contributed by atoms with E-state index >= 15 is 0 Å². The zero-order valence-electron chi connectivity index (χ0n) is 13.1. The lowest BCUT2D eigenvalue weighted by Gasteiger charge is -2.12. The summed E-state index contributed by atoms with van der Waals surface area (Å²) in [5.41, 5.74) is 3.05. The molecule has 20 heavy (non-hydrogen) atoms. The number of aromatic nitrogens is 2. The second-order valence-electron chi connectivity index (χ2n) is 6.01. The largest absolute Gasteiger partial charge is 0.285 e. The Balaban J connectivity index is 2.55. The predicted molar refractivity (Wildman–Crippen MR) is 83.6 cm³/mol. The van der Waals surface area contributed by atoms with Crippen molar-refractivity contribution >= 4 is 0 Å². The fourth-order valence-electron chi connectivity index (χ4n) is 2.98. The summed E-state index contributed by atoms with van der Waals surface area (Å²) in [5, 5.41) is 0. The molecule has 0 aliphatic carbocycles. The summed E-state index contributed by atoms with van der Waals surface area (Å²) in [5.74, 6) is 0.882. The van der Waals surface area contributed by atoms with E-state index in [0.717, 1.165) is 23.4 Å². The van der Waals surface area contributed by atoms with Gasteiger partial charge in [0.25, 0.3) is 5.56 Å². The number of para-hydroxylation sites is 1. The summed E-state index contributed by atoms with van der Waals surface area (Å²) in [6, 6.07) is 9.82. The summed E-state index contributed by atoms with van der Waals surface area (Å²) in [6.07, 6.45) is 1.04. The lowest BCUT2D eigenvalue weighted by Crippen LogP contribution is -2.21. The summed E-state index contributed by atoms with van der Waals surface area (Å²) in [7, 11) is 1.95. The number of benzene rings is 1. The topological polar surface area (TPSA) is 26.9 Å². The minimum Gasteiger partial charge on any atom is -0.285 e. The van der Waals surface area contributed by atoms with Gasteiger partial charge in [-0.1, -0.05) is 39.0 Å². The SMILES string of the molecule is Cc1c(C(C)CC(C)C)c(=O)n(-c2ccccc2)n1C. The summed E-state index contributed by atoms with van der Waals surface area (Å²) >= 11 is 0. The molecule has 0 N–H and O–H groups in total. The van der Waals surface area contributed by atoms with E-state index in [1.807, 2.05) is 49.0 Å². The summed E-state index contributed by atoms with van der Waals surface area (Å²) in [4.78, 5) is 12.8. The molecule has 1 aromatic carbocycles. The van der Waals surface area contributed by atoms with Crippen molar-refractivity contribution in [2.45, 2.75) is 40.0 Å². The number of hydrogen-bond acceptors (Lipinski definition) is 1. The molecule has 0 saturated heterocycles. The van der Waals surface area contributed by atoms with Crippen LogP contribution >= 0.6 is 0 Å². The molecule has 0 aliphatic heterocycles. The highest BCUT2D eigenvalue weighted by Gasteiger charge is 2.21. The van der Waals surface area contributed by atoms with Crippen LogP contribution in [0.15, 0.2) is 35.1 Å². The van der Waals surface area contributed by atoms with Crippen LogP contribution in [-0.2, 0) is 7.05 Å². The van der Waals surface area contributed by atoms with Crippen LogP contribution in [0.25, 0.3) is 5.69 Å². The maximum atomic E-state index is 12.8. The van der Waals surface area contributed by atoms with E-state index < -0.39 is 0 Å². The highest BCUT2D eigenvalue weighted by molar-refractivity contribution is 5.34. The van der Waals surface area contributed by atoms with Gasteiger partial charge in [0.2, 0.25) is 0 Å². The van der Waals surface area contributed by atoms with Crippen LogP contribution in [0.1, 0.15) is 44.4 Å². The van der Waals surface area contributed by atoms with Crippen LogP contribution in [-0.4, -0.2) is 9.36 Å². The van der Waals surface area contributed by atoms with E-state index in [0.29, 0.717) is 11.8 Å². The number of rotatable bonds is 4. The Morgan fingerprint density at radius 1 is 1.10 bits per heavy atom. The van der Waals surface area contributed by atoms with Gasteiger partial charge in [0.05, 0.1) is 5.69 Å². The van der Waals surface area contributed by atoms with Crippen LogP contribution < -0.4 is 5.56 Å². The molecule has 2 rings (SSSR count).